The molecule has 4 heteroatoms. The summed E-state index contributed by atoms with van der Waals surface area (Å²) in [6, 6.07) is 1.97. The number of ether oxygens (including phenoxy) is 1. The van der Waals surface area contributed by atoms with Gasteiger partial charge in [0, 0.05) is 18.6 Å². The molecule has 1 aliphatic rings. The lowest BCUT2D eigenvalue weighted by Gasteiger charge is -1.85. The predicted octanol–water partition coefficient (Wildman–Crippen LogP) is 2.66. The fourth-order valence-electron chi connectivity index (χ4n) is 0.848. The number of aliphatic imine (C=N–C) groups is 2. The van der Waals surface area contributed by atoms with Crippen molar-refractivity contribution in [2.75, 3.05) is 0 Å². The Bertz CT molecular complexity index is 471. The molecule has 0 aromatic heterocycles. The van der Waals surface area contributed by atoms with Crippen LogP contribution in [0.2, 0.25) is 0 Å². The van der Waals surface area contributed by atoms with E-state index in [2.05, 4.69) is 9.98 Å². The highest BCUT2D eigenvalue weighted by atomic mass is 16.5. The van der Waals surface area contributed by atoms with Crippen molar-refractivity contribution >= 4 is 12.4 Å². The summed E-state index contributed by atoms with van der Waals surface area (Å²) in [6.07, 6.45) is 17.7. The Hall–Kier alpha value is -2.67. The van der Waals surface area contributed by atoms with Crippen LogP contribution in [0.3, 0.4) is 0 Å². The second-order valence-corrected chi connectivity index (χ2v) is 2.76. The van der Waals surface area contributed by atoms with E-state index in [1.165, 1.54) is 18.7 Å². The molecule has 0 aromatic rings. The van der Waals surface area contributed by atoms with Crippen molar-refractivity contribution in [1.82, 2.24) is 0 Å². The number of nitrogens with zero attached hydrogens (tertiary/aromatic N) is 3. The quantitative estimate of drug-likeness (QED) is 0.636. The van der Waals surface area contributed by atoms with Gasteiger partial charge in [0.05, 0.1) is 12.5 Å². The molecule has 0 fully saturated rings. The number of allylic oxidation sites excluding steroid dienone is 7. The van der Waals surface area contributed by atoms with E-state index in [4.69, 9.17) is 10.00 Å². The van der Waals surface area contributed by atoms with Gasteiger partial charge in [-0.15, -0.1) is 0 Å². The fourth-order valence-corrected chi connectivity index (χ4v) is 0.848. The highest BCUT2D eigenvalue weighted by Crippen LogP contribution is 1.95. The smallest absolute Gasteiger partial charge is 0.140 e. The molecule has 0 saturated carbocycles. The Morgan fingerprint density at radius 1 is 1.00 bits per heavy atom. The van der Waals surface area contributed by atoms with Crippen molar-refractivity contribution in [3.63, 3.8) is 0 Å². The molecule has 17 heavy (non-hydrogen) atoms. The molecule has 84 valence electrons. The summed E-state index contributed by atoms with van der Waals surface area (Å²) in [5, 5.41) is 8.77. The van der Waals surface area contributed by atoms with Crippen molar-refractivity contribution in [3.05, 3.63) is 60.9 Å². The van der Waals surface area contributed by atoms with Crippen LogP contribution in [0.5, 0.6) is 0 Å². The average molecular weight is 225 g/mol. The summed E-state index contributed by atoms with van der Waals surface area (Å²) in [4.78, 5) is 7.89. The van der Waals surface area contributed by atoms with Gasteiger partial charge in [-0.3, -0.25) is 4.99 Å². The fraction of sp³-hybridized carbons (Fsp3) is 0. The van der Waals surface area contributed by atoms with E-state index in [1.54, 1.807) is 48.9 Å². The highest BCUT2D eigenvalue weighted by molar-refractivity contribution is 5.72. The molecular weight excluding hydrogens is 214 g/mol. The molecule has 1 aliphatic heterocycles. The summed E-state index contributed by atoms with van der Waals surface area (Å²) in [6.45, 7) is 0. The molecule has 0 saturated heterocycles. The highest BCUT2D eigenvalue weighted by Gasteiger charge is 1.84. The maximum Gasteiger partial charge on any atom is 0.140 e. The van der Waals surface area contributed by atoms with Crippen LogP contribution >= 0.6 is 0 Å². The second-order valence-electron chi connectivity index (χ2n) is 2.76. The maximum atomic E-state index is 8.77. The maximum absolute atomic E-state index is 8.77. The SMILES string of the molecule is N#CC1=C/C=C\C=C/N=C/C=C\O/C=C\C=N\1. The topological polar surface area (TPSA) is 57.7 Å². The van der Waals surface area contributed by atoms with Crippen molar-refractivity contribution < 1.29 is 4.74 Å². The molecule has 1 rings (SSSR count). The van der Waals surface area contributed by atoms with E-state index in [9.17, 15) is 0 Å². The number of rotatable bonds is 0. The van der Waals surface area contributed by atoms with Crippen LogP contribution in [0.1, 0.15) is 0 Å². The Morgan fingerprint density at radius 3 is 2.65 bits per heavy atom. The van der Waals surface area contributed by atoms with Crippen molar-refractivity contribution in [1.29, 1.82) is 5.26 Å². The van der Waals surface area contributed by atoms with Crippen LogP contribution in [-0.4, -0.2) is 12.4 Å². The van der Waals surface area contributed by atoms with Gasteiger partial charge in [0.25, 0.3) is 0 Å². The second kappa shape index (κ2) is 8.62. The lowest BCUT2D eigenvalue weighted by atomic mass is 10.4. The van der Waals surface area contributed by atoms with E-state index in [0.717, 1.165) is 0 Å². The third kappa shape index (κ3) is 6.42. The lowest BCUT2D eigenvalue weighted by Crippen LogP contribution is -1.73. The average Bonchev–Trinajstić information content (AvgIpc) is 2.36. The van der Waals surface area contributed by atoms with Gasteiger partial charge in [-0.05, 0) is 24.3 Å². The molecule has 0 spiro atoms. The summed E-state index contributed by atoms with van der Waals surface area (Å²) >= 11 is 0. The first-order valence-corrected chi connectivity index (χ1v) is 4.90. The summed E-state index contributed by atoms with van der Waals surface area (Å²) in [5.41, 5.74) is 0.313. The third-order valence-electron chi connectivity index (χ3n) is 1.55. The minimum absolute atomic E-state index is 0.313. The summed E-state index contributed by atoms with van der Waals surface area (Å²) in [5.74, 6) is 0. The van der Waals surface area contributed by atoms with Crippen LogP contribution in [0.4, 0.5) is 0 Å². The monoisotopic (exact) mass is 225 g/mol. The largest absolute Gasteiger partial charge is 0.473 e. The van der Waals surface area contributed by atoms with Gasteiger partial charge < -0.3 is 4.74 Å². The number of hydrogen-bond acceptors (Lipinski definition) is 4. The molecule has 0 bridgehead atoms. The normalized spacial score (nSPS) is 29.9. The van der Waals surface area contributed by atoms with Crippen LogP contribution in [0.15, 0.2) is 70.9 Å². The Morgan fingerprint density at radius 2 is 1.82 bits per heavy atom. The first kappa shape index (κ1) is 12.4. The molecule has 1 heterocycles. The van der Waals surface area contributed by atoms with Gasteiger partial charge in [-0.1, -0.05) is 12.2 Å². The summed E-state index contributed by atoms with van der Waals surface area (Å²) in [7, 11) is 0. The molecule has 0 N–H and O–H groups in total. The molecule has 4 nitrogen and oxygen atoms in total. The standard InChI is InChI=1S/C13H11N3O/c14-12-13-6-2-1-3-7-15-8-4-10-17-11-5-9-16-13/h1-11H/b2-1-,7-3-,10-4-,11-5-,13-6-,15-8+,16-9+. The molecule has 0 amide bonds. The third-order valence-corrected chi connectivity index (χ3v) is 1.55. The van der Waals surface area contributed by atoms with E-state index in [-0.39, 0.29) is 0 Å². The molecule has 0 aromatic carbocycles. The van der Waals surface area contributed by atoms with Gasteiger partial charge in [0.2, 0.25) is 0 Å². The van der Waals surface area contributed by atoms with Crippen molar-refractivity contribution in [2.24, 2.45) is 9.98 Å². The Labute approximate surface area is 100.0 Å². The molecule has 0 radical (unpaired) electrons. The van der Waals surface area contributed by atoms with Crippen molar-refractivity contribution in [2.45, 2.75) is 0 Å². The minimum Gasteiger partial charge on any atom is -0.473 e. The van der Waals surface area contributed by atoms with E-state index < -0.39 is 0 Å². The first-order valence-electron chi connectivity index (χ1n) is 4.90. The van der Waals surface area contributed by atoms with E-state index in [0.29, 0.717) is 5.70 Å². The zero-order valence-corrected chi connectivity index (χ0v) is 9.10. The van der Waals surface area contributed by atoms with Gasteiger partial charge in [0.15, 0.2) is 0 Å². The van der Waals surface area contributed by atoms with Crippen LogP contribution < -0.4 is 0 Å². The zero-order valence-electron chi connectivity index (χ0n) is 9.10. The van der Waals surface area contributed by atoms with Gasteiger partial charge in [-0.2, -0.15) is 5.26 Å². The Kier molecular flexibility index (Phi) is 6.29. The zero-order chi connectivity index (χ0) is 12.2. The molecular formula is C13H11N3O. The van der Waals surface area contributed by atoms with Gasteiger partial charge >= 0.3 is 0 Å². The minimum atomic E-state index is 0.313. The number of nitriles is 1. The lowest BCUT2D eigenvalue weighted by molar-refractivity contribution is 0.404. The van der Waals surface area contributed by atoms with Crippen LogP contribution in [-0.2, 0) is 4.74 Å². The molecule has 0 unspecified atom stereocenters. The Balaban J connectivity index is 2.82. The van der Waals surface area contributed by atoms with Gasteiger partial charge in [-0.25, -0.2) is 4.99 Å². The van der Waals surface area contributed by atoms with Crippen LogP contribution in [0, 0.1) is 11.3 Å². The first-order chi connectivity index (χ1) is 8.43. The van der Waals surface area contributed by atoms with E-state index >= 15 is 0 Å². The molecule has 0 atom stereocenters. The summed E-state index contributed by atoms with van der Waals surface area (Å²) < 4.78 is 4.99. The van der Waals surface area contributed by atoms with Gasteiger partial charge in [0.1, 0.15) is 11.8 Å². The van der Waals surface area contributed by atoms with Crippen LogP contribution in [0.25, 0.3) is 0 Å². The molecule has 0 aliphatic carbocycles. The van der Waals surface area contributed by atoms with Crippen molar-refractivity contribution in [3.8, 4) is 6.07 Å². The number of hydrogen-bond donors (Lipinski definition) is 0. The predicted molar refractivity (Wildman–Crippen MR) is 68.3 cm³/mol. The van der Waals surface area contributed by atoms with E-state index in [1.807, 2.05) is 6.07 Å².